The molecular formula is C23H19ClN2O5S. The van der Waals surface area contributed by atoms with E-state index in [1.165, 1.54) is 30.1 Å². The quantitative estimate of drug-likeness (QED) is 0.592. The molecule has 0 saturated carbocycles. The second-order valence-electron chi connectivity index (χ2n) is 7.05. The van der Waals surface area contributed by atoms with Crippen molar-refractivity contribution in [2.24, 2.45) is 4.99 Å². The number of carbonyl (C=O) groups is 1. The lowest BCUT2D eigenvalue weighted by molar-refractivity contribution is -0.136. The summed E-state index contributed by atoms with van der Waals surface area (Å²) in [7, 11) is 2.79. The van der Waals surface area contributed by atoms with E-state index >= 15 is 0 Å². The number of phenols is 1. The average Bonchev–Trinajstić information content (AvgIpc) is 3.06. The number of carbonyl (C=O) groups excluding carboxylic acids is 1. The lowest BCUT2D eigenvalue weighted by atomic mass is 9.95. The van der Waals surface area contributed by atoms with Crippen molar-refractivity contribution in [3.8, 4) is 11.5 Å². The third-order valence-electron chi connectivity index (χ3n) is 5.08. The van der Waals surface area contributed by atoms with Crippen LogP contribution in [0.4, 0.5) is 0 Å². The number of rotatable bonds is 4. The molecule has 1 N–H and O–H groups in total. The van der Waals surface area contributed by atoms with E-state index in [0.29, 0.717) is 36.9 Å². The zero-order valence-corrected chi connectivity index (χ0v) is 19.0. The van der Waals surface area contributed by atoms with Gasteiger partial charge in [0, 0.05) is 10.6 Å². The van der Waals surface area contributed by atoms with Crippen molar-refractivity contribution >= 4 is 35.0 Å². The Morgan fingerprint density at radius 2 is 2.03 bits per heavy atom. The topological polar surface area (TPSA) is 90.1 Å². The Hall–Kier alpha value is -3.36. The number of benzene rings is 2. The Balaban J connectivity index is 2.03. The van der Waals surface area contributed by atoms with E-state index in [0.717, 1.165) is 0 Å². The first-order valence-corrected chi connectivity index (χ1v) is 10.8. The number of esters is 1. The van der Waals surface area contributed by atoms with Gasteiger partial charge in [0.2, 0.25) is 0 Å². The minimum atomic E-state index is -0.835. The first-order chi connectivity index (χ1) is 15.3. The van der Waals surface area contributed by atoms with Crippen LogP contribution in [0.5, 0.6) is 11.5 Å². The second kappa shape index (κ2) is 8.64. The van der Waals surface area contributed by atoms with Crippen molar-refractivity contribution in [3.63, 3.8) is 0 Å². The monoisotopic (exact) mass is 470 g/mol. The molecule has 3 aromatic rings. The Labute approximate surface area is 192 Å². The van der Waals surface area contributed by atoms with Gasteiger partial charge in [-0.2, -0.15) is 0 Å². The van der Waals surface area contributed by atoms with Crippen LogP contribution in [-0.4, -0.2) is 29.9 Å². The number of phenolic OH excluding ortho intramolecular Hbond substituents is 1. The summed E-state index contributed by atoms with van der Waals surface area (Å²) in [6.45, 7) is 1.70. The average molecular weight is 471 g/mol. The summed E-state index contributed by atoms with van der Waals surface area (Å²) in [5.41, 5.74) is 1.53. The number of thiazole rings is 1. The molecule has 1 atom stereocenters. The van der Waals surface area contributed by atoms with Crippen LogP contribution < -0.4 is 19.6 Å². The van der Waals surface area contributed by atoms with Gasteiger partial charge in [-0.1, -0.05) is 35.1 Å². The Morgan fingerprint density at radius 1 is 1.25 bits per heavy atom. The minimum Gasteiger partial charge on any atom is -0.508 e. The number of fused-ring (bicyclic) bond motifs is 1. The van der Waals surface area contributed by atoms with Gasteiger partial charge in [0.25, 0.3) is 5.56 Å². The maximum Gasteiger partial charge on any atom is 0.338 e. The van der Waals surface area contributed by atoms with Gasteiger partial charge in [-0.3, -0.25) is 9.36 Å². The van der Waals surface area contributed by atoms with Crippen molar-refractivity contribution in [3.05, 3.63) is 89.6 Å². The van der Waals surface area contributed by atoms with E-state index in [1.54, 1.807) is 55.5 Å². The molecule has 9 heteroatoms. The van der Waals surface area contributed by atoms with Crippen molar-refractivity contribution < 1.29 is 19.4 Å². The molecule has 1 aromatic heterocycles. The maximum atomic E-state index is 13.5. The predicted octanol–water partition coefficient (Wildman–Crippen LogP) is 2.78. The molecule has 0 unspecified atom stereocenters. The molecule has 0 spiro atoms. The van der Waals surface area contributed by atoms with Gasteiger partial charge in [0.15, 0.2) is 4.80 Å². The first-order valence-electron chi connectivity index (χ1n) is 9.57. The summed E-state index contributed by atoms with van der Waals surface area (Å²) in [6, 6.07) is 10.8. The van der Waals surface area contributed by atoms with Gasteiger partial charge in [-0.05, 0) is 48.9 Å². The van der Waals surface area contributed by atoms with E-state index in [4.69, 9.17) is 21.1 Å². The van der Waals surface area contributed by atoms with Crippen molar-refractivity contribution in [2.45, 2.75) is 13.0 Å². The molecule has 0 aliphatic carbocycles. The fraction of sp³-hybridized carbons (Fsp3) is 0.174. The number of ether oxygens (including phenoxy) is 2. The van der Waals surface area contributed by atoms with E-state index in [2.05, 4.69) is 4.99 Å². The highest BCUT2D eigenvalue weighted by Crippen LogP contribution is 2.37. The largest absolute Gasteiger partial charge is 0.508 e. The maximum absolute atomic E-state index is 13.5. The fourth-order valence-electron chi connectivity index (χ4n) is 3.67. The lowest BCUT2D eigenvalue weighted by Crippen LogP contribution is -2.40. The van der Waals surface area contributed by atoms with Crippen LogP contribution >= 0.6 is 22.9 Å². The molecule has 0 amide bonds. The highest BCUT2D eigenvalue weighted by Gasteiger charge is 2.35. The van der Waals surface area contributed by atoms with Crippen LogP contribution in [-0.2, 0) is 9.53 Å². The van der Waals surface area contributed by atoms with Gasteiger partial charge < -0.3 is 14.6 Å². The summed E-state index contributed by atoms with van der Waals surface area (Å²) in [6.07, 6.45) is 1.67. The number of nitrogens with zero attached hydrogens (tertiary/aromatic N) is 2. The van der Waals surface area contributed by atoms with Gasteiger partial charge in [-0.25, -0.2) is 9.79 Å². The molecule has 1 aliphatic heterocycles. The molecule has 7 nitrogen and oxygen atoms in total. The molecule has 0 fully saturated rings. The Kier molecular flexibility index (Phi) is 5.90. The summed E-state index contributed by atoms with van der Waals surface area (Å²) in [5, 5.41) is 10.2. The predicted molar refractivity (Wildman–Crippen MR) is 122 cm³/mol. The van der Waals surface area contributed by atoms with Crippen LogP contribution in [0, 0.1) is 0 Å². The highest BCUT2D eigenvalue weighted by atomic mass is 35.5. The number of aromatic nitrogens is 1. The molecule has 2 aromatic carbocycles. The smallest absolute Gasteiger partial charge is 0.338 e. The number of hydrogen-bond donors (Lipinski definition) is 1. The third kappa shape index (κ3) is 3.83. The van der Waals surface area contributed by atoms with Gasteiger partial charge in [-0.15, -0.1) is 0 Å². The van der Waals surface area contributed by atoms with Gasteiger partial charge >= 0.3 is 5.97 Å². The van der Waals surface area contributed by atoms with Crippen LogP contribution in [0.25, 0.3) is 6.08 Å². The van der Waals surface area contributed by atoms with Crippen LogP contribution in [0.2, 0.25) is 5.02 Å². The Bertz CT molecular complexity index is 1440. The molecule has 0 radical (unpaired) electrons. The van der Waals surface area contributed by atoms with E-state index in [1.807, 2.05) is 0 Å². The molecule has 2 heterocycles. The van der Waals surface area contributed by atoms with Crippen LogP contribution in [0.1, 0.15) is 24.1 Å². The molecule has 0 saturated heterocycles. The highest BCUT2D eigenvalue weighted by molar-refractivity contribution is 7.07. The van der Waals surface area contributed by atoms with E-state index < -0.39 is 12.0 Å². The van der Waals surface area contributed by atoms with E-state index in [-0.39, 0.29) is 16.9 Å². The van der Waals surface area contributed by atoms with Crippen molar-refractivity contribution in [1.29, 1.82) is 0 Å². The molecular weight excluding hydrogens is 452 g/mol. The molecule has 164 valence electrons. The number of halogens is 1. The summed E-state index contributed by atoms with van der Waals surface area (Å²) < 4.78 is 12.4. The summed E-state index contributed by atoms with van der Waals surface area (Å²) >= 11 is 7.45. The number of allylic oxidation sites excluding steroid dienone is 1. The van der Waals surface area contributed by atoms with Gasteiger partial charge in [0.1, 0.15) is 17.5 Å². The van der Waals surface area contributed by atoms with Crippen LogP contribution in [0.15, 0.2) is 63.5 Å². The minimum absolute atomic E-state index is 0.0943. The summed E-state index contributed by atoms with van der Waals surface area (Å²) in [4.78, 5) is 31.2. The lowest BCUT2D eigenvalue weighted by Gasteiger charge is -2.25. The molecule has 32 heavy (non-hydrogen) atoms. The van der Waals surface area contributed by atoms with E-state index in [9.17, 15) is 14.7 Å². The molecule has 0 bridgehead atoms. The normalized spacial score (nSPS) is 15.9. The molecule has 1 aliphatic rings. The van der Waals surface area contributed by atoms with Gasteiger partial charge in [0.05, 0.1) is 30.0 Å². The summed E-state index contributed by atoms with van der Waals surface area (Å²) in [5.74, 6) is -0.0320. The first kappa shape index (κ1) is 21.9. The zero-order chi connectivity index (χ0) is 23.0. The Morgan fingerprint density at radius 3 is 2.72 bits per heavy atom. The standard InChI is InChI=1S/C23H19ClN2O5S/c1-12-19(22(29)31-3)20(16-11-14(24)7-8-17(16)30-2)26-21(28)18(32-23(26)25-12)10-13-5-4-6-15(27)9-13/h4-11,20,27H,1-3H3/b18-10-/t20-/m0/s1. The molecule has 4 rings (SSSR count). The number of hydrogen-bond acceptors (Lipinski definition) is 7. The number of aromatic hydroxyl groups is 1. The van der Waals surface area contributed by atoms with Crippen LogP contribution in [0.3, 0.4) is 0 Å². The second-order valence-corrected chi connectivity index (χ2v) is 8.50. The van der Waals surface area contributed by atoms with Crippen molar-refractivity contribution in [2.75, 3.05) is 14.2 Å². The number of methoxy groups -OCH3 is 2. The SMILES string of the molecule is COC(=O)C1=C(C)N=c2s/c(=C\c3cccc(O)c3)c(=O)n2[C@H]1c1cc(Cl)ccc1OC. The third-order valence-corrected chi connectivity index (χ3v) is 6.30. The fourth-order valence-corrected chi connectivity index (χ4v) is 4.90. The zero-order valence-electron chi connectivity index (χ0n) is 17.5. The van der Waals surface area contributed by atoms with Crippen molar-refractivity contribution in [1.82, 2.24) is 4.57 Å².